The molecule has 36 heavy (non-hydrogen) atoms. The number of sulfone groups is 1. The summed E-state index contributed by atoms with van der Waals surface area (Å²) in [5.41, 5.74) is 2.45. The van der Waals surface area contributed by atoms with E-state index >= 15 is 0 Å². The third-order valence-electron chi connectivity index (χ3n) is 5.68. The van der Waals surface area contributed by atoms with Crippen molar-refractivity contribution in [2.45, 2.75) is 16.3 Å². The number of rotatable bonds is 7. The van der Waals surface area contributed by atoms with Gasteiger partial charge in [0.1, 0.15) is 10.8 Å². The third kappa shape index (κ3) is 4.69. The summed E-state index contributed by atoms with van der Waals surface area (Å²) in [5, 5.41) is 19.2. The Balaban J connectivity index is 1.57. The van der Waals surface area contributed by atoms with Crippen molar-refractivity contribution in [3.05, 3.63) is 65.3 Å². The molecule has 1 amide bonds. The fourth-order valence-corrected chi connectivity index (χ4v) is 7.71. The van der Waals surface area contributed by atoms with Gasteiger partial charge in [-0.25, -0.2) is 31.8 Å². The number of nitrogens with zero attached hydrogens (tertiary/aromatic N) is 4. The lowest BCUT2D eigenvalue weighted by atomic mass is 10.1. The molecule has 3 heterocycles. The smallest absolute Gasteiger partial charge is 0.407 e. The number of aromatic nitrogens is 3. The number of hydrogen-bond acceptors (Lipinski definition) is 10. The number of carboxylic acid groups (broad SMARTS) is 1. The molecule has 0 spiro atoms. The first-order valence-electron chi connectivity index (χ1n) is 10.5. The lowest BCUT2D eigenvalue weighted by Gasteiger charge is -2.37. The molecule has 1 fully saturated rings. The predicted molar refractivity (Wildman–Crippen MR) is 130 cm³/mol. The summed E-state index contributed by atoms with van der Waals surface area (Å²) in [7, 11) is -8.11. The largest absolute Gasteiger partial charge is 0.465 e. The van der Waals surface area contributed by atoms with Crippen molar-refractivity contribution in [1.29, 1.82) is 0 Å². The van der Waals surface area contributed by atoms with Crippen molar-refractivity contribution in [1.82, 2.24) is 20.1 Å². The van der Waals surface area contributed by atoms with Crippen LogP contribution in [0.15, 0.2) is 52.9 Å². The lowest BCUT2D eigenvalue weighted by molar-refractivity contribution is 0.119. The van der Waals surface area contributed by atoms with Crippen LogP contribution in [0.1, 0.15) is 22.0 Å². The zero-order valence-corrected chi connectivity index (χ0v) is 20.8. The van der Waals surface area contributed by atoms with Crippen LogP contribution in [0.5, 0.6) is 0 Å². The van der Waals surface area contributed by atoms with Gasteiger partial charge in [0.05, 0.1) is 15.5 Å². The minimum Gasteiger partial charge on any atom is -0.465 e. The molecule has 1 aliphatic heterocycles. The molecule has 0 aliphatic carbocycles. The van der Waals surface area contributed by atoms with Gasteiger partial charge in [-0.2, -0.15) is 0 Å². The van der Waals surface area contributed by atoms with Crippen molar-refractivity contribution in [2.75, 3.05) is 13.1 Å². The number of hydrogen-bond donors (Lipinski definition) is 2. The van der Waals surface area contributed by atoms with Crippen molar-refractivity contribution < 1.29 is 31.2 Å². The highest BCUT2D eigenvalue weighted by molar-refractivity contribution is 7.92. The summed E-state index contributed by atoms with van der Waals surface area (Å²) in [6.45, 7) is -0.426. The Labute approximate surface area is 209 Å². The van der Waals surface area contributed by atoms with Gasteiger partial charge in [-0.15, -0.1) is 21.5 Å². The summed E-state index contributed by atoms with van der Waals surface area (Å²) in [6.07, 6.45) is -1.22. The molecule has 4 aromatic rings. The molecule has 0 bridgehead atoms. The number of benzene rings is 2. The highest BCUT2D eigenvalue weighted by Gasteiger charge is 2.48. The van der Waals surface area contributed by atoms with Crippen LogP contribution in [0.3, 0.4) is 0 Å². The molecule has 188 valence electrons. The number of sulfonamides is 1. The SMILES string of the molecule is NS(=O)(=O)Cc1nnc(C(c2nc3ccc(-c4ccccc4)cc3s2)S(=O)(=O)C2CN(C(=O)O)C2)o1. The van der Waals surface area contributed by atoms with Gasteiger partial charge in [0.25, 0.3) is 0 Å². The minimum absolute atomic E-state index is 0.148. The number of carbonyl (C=O) groups is 1. The molecule has 12 nitrogen and oxygen atoms in total. The highest BCUT2D eigenvalue weighted by atomic mass is 32.2. The Kier molecular flexibility index (Phi) is 6.02. The number of fused-ring (bicyclic) bond motifs is 1. The van der Waals surface area contributed by atoms with Crippen LogP contribution < -0.4 is 5.14 Å². The Hall–Kier alpha value is -3.40. The summed E-state index contributed by atoms with van der Waals surface area (Å²) < 4.78 is 56.3. The zero-order chi connectivity index (χ0) is 25.7. The van der Waals surface area contributed by atoms with Crippen LogP contribution in [-0.2, 0) is 25.6 Å². The molecule has 1 saturated heterocycles. The van der Waals surface area contributed by atoms with E-state index < -0.39 is 42.2 Å². The highest BCUT2D eigenvalue weighted by Crippen LogP contribution is 2.39. The van der Waals surface area contributed by atoms with Gasteiger partial charge in [0.2, 0.25) is 21.8 Å². The van der Waals surface area contributed by atoms with Crippen LogP contribution in [0.4, 0.5) is 4.79 Å². The predicted octanol–water partition coefficient (Wildman–Crippen LogP) is 2.00. The van der Waals surface area contributed by atoms with E-state index in [4.69, 9.17) is 14.7 Å². The first kappa shape index (κ1) is 24.3. The molecule has 1 atom stereocenters. The molecule has 2 aromatic heterocycles. The van der Waals surface area contributed by atoms with Crippen LogP contribution in [-0.4, -0.2) is 66.5 Å². The quantitative estimate of drug-likeness (QED) is 0.345. The van der Waals surface area contributed by atoms with E-state index in [1.807, 2.05) is 42.5 Å². The van der Waals surface area contributed by atoms with E-state index in [1.54, 1.807) is 6.07 Å². The Morgan fingerprint density at radius 3 is 2.50 bits per heavy atom. The number of thiazole rings is 1. The van der Waals surface area contributed by atoms with Crippen LogP contribution >= 0.6 is 11.3 Å². The van der Waals surface area contributed by atoms with Gasteiger partial charge in [-0.1, -0.05) is 36.4 Å². The normalized spacial score (nSPS) is 15.6. The first-order valence-corrected chi connectivity index (χ1v) is 14.6. The topological polar surface area (TPSA) is 187 Å². The standard InChI is InChI=1S/C21H19N5O7S3/c22-35(29,30)11-17-24-25-19(33-17)18(36(31,32)14-9-26(10-14)21(27)28)20-23-15-7-6-13(8-16(15)34-20)12-4-2-1-3-5-12/h1-8,14,18H,9-11H2,(H,27,28)(H2,22,29,30). The lowest BCUT2D eigenvalue weighted by Crippen LogP contribution is -2.57. The Morgan fingerprint density at radius 2 is 1.83 bits per heavy atom. The molecule has 3 N–H and O–H groups in total. The van der Waals surface area contributed by atoms with Gasteiger partial charge in [-0.3, -0.25) is 0 Å². The second-order valence-electron chi connectivity index (χ2n) is 8.22. The number of nitrogens with two attached hydrogens (primary N) is 1. The van der Waals surface area contributed by atoms with E-state index in [9.17, 15) is 21.6 Å². The van der Waals surface area contributed by atoms with E-state index in [2.05, 4.69) is 15.2 Å². The number of amides is 1. The average molecular weight is 550 g/mol. The summed E-state index contributed by atoms with van der Waals surface area (Å²) >= 11 is 1.13. The molecule has 0 saturated carbocycles. The first-order chi connectivity index (χ1) is 17.0. The monoisotopic (exact) mass is 549 g/mol. The maximum atomic E-state index is 13.6. The Morgan fingerprint density at radius 1 is 1.11 bits per heavy atom. The zero-order valence-electron chi connectivity index (χ0n) is 18.4. The van der Waals surface area contributed by atoms with Gasteiger partial charge < -0.3 is 14.4 Å². The van der Waals surface area contributed by atoms with Gasteiger partial charge in [-0.05, 0) is 23.3 Å². The molecular formula is C21H19N5O7S3. The summed E-state index contributed by atoms with van der Waals surface area (Å²) in [6, 6.07) is 15.2. The van der Waals surface area contributed by atoms with Crippen LogP contribution in [0, 0.1) is 0 Å². The van der Waals surface area contributed by atoms with Crippen molar-refractivity contribution in [3.8, 4) is 11.1 Å². The molecular weight excluding hydrogens is 530 g/mol. The molecule has 1 aliphatic rings. The molecule has 15 heteroatoms. The van der Waals surface area contributed by atoms with E-state index in [1.165, 1.54) is 0 Å². The van der Waals surface area contributed by atoms with E-state index in [0.717, 1.165) is 32.1 Å². The Bertz CT molecular complexity index is 1660. The minimum atomic E-state index is -4.11. The summed E-state index contributed by atoms with van der Waals surface area (Å²) in [5.74, 6) is -1.48. The average Bonchev–Trinajstić information content (AvgIpc) is 3.37. The van der Waals surface area contributed by atoms with E-state index in [0.29, 0.717) is 5.52 Å². The number of primary sulfonamides is 1. The fourth-order valence-electron chi connectivity index (χ4n) is 3.85. The molecule has 2 aromatic carbocycles. The van der Waals surface area contributed by atoms with Gasteiger partial charge in [0.15, 0.2) is 15.1 Å². The second kappa shape index (κ2) is 8.92. The summed E-state index contributed by atoms with van der Waals surface area (Å²) in [4.78, 5) is 16.7. The van der Waals surface area contributed by atoms with Gasteiger partial charge in [0, 0.05) is 13.1 Å². The van der Waals surface area contributed by atoms with E-state index in [-0.39, 0.29) is 29.9 Å². The van der Waals surface area contributed by atoms with Crippen LogP contribution in [0.25, 0.3) is 21.3 Å². The number of likely N-dealkylation sites (tertiary alicyclic amines) is 1. The fraction of sp³-hybridized carbons (Fsp3) is 0.238. The van der Waals surface area contributed by atoms with Crippen molar-refractivity contribution >= 4 is 47.5 Å². The van der Waals surface area contributed by atoms with Crippen LogP contribution in [0.2, 0.25) is 0 Å². The second-order valence-corrected chi connectivity index (χ2v) is 13.2. The molecule has 5 rings (SSSR count). The molecule has 0 radical (unpaired) electrons. The molecule has 1 unspecified atom stereocenters. The van der Waals surface area contributed by atoms with Crippen molar-refractivity contribution in [3.63, 3.8) is 0 Å². The van der Waals surface area contributed by atoms with Crippen molar-refractivity contribution in [2.24, 2.45) is 5.14 Å². The maximum Gasteiger partial charge on any atom is 0.407 e. The third-order valence-corrected chi connectivity index (χ3v) is 9.87. The maximum absolute atomic E-state index is 13.6. The van der Waals surface area contributed by atoms with Gasteiger partial charge >= 0.3 is 6.09 Å².